The predicted molar refractivity (Wildman–Crippen MR) is 86.7 cm³/mol. The number of aromatic nitrogens is 1. The number of anilines is 1. The van der Waals surface area contributed by atoms with Crippen molar-refractivity contribution in [3.63, 3.8) is 0 Å². The van der Waals surface area contributed by atoms with E-state index in [1.165, 1.54) is 6.42 Å². The van der Waals surface area contributed by atoms with E-state index in [0.29, 0.717) is 6.04 Å². The van der Waals surface area contributed by atoms with Crippen molar-refractivity contribution >= 4 is 11.8 Å². The molecule has 0 bridgehead atoms. The first-order chi connectivity index (χ1) is 10.8. The Labute approximate surface area is 130 Å². The van der Waals surface area contributed by atoms with Crippen LogP contribution in [0.2, 0.25) is 0 Å². The van der Waals surface area contributed by atoms with Crippen LogP contribution in [0.5, 0.6) is 0 Å². The molecule has 2 aromatic rings. The second kappa shape index (κ2) is 5.13. The largest absolute Gasteiger partial charge is 0.326 e. The van der Waals surface area contributed by atoms with Gasteiger partial charge in [0.2, 0.25) is 0 Å². The van der Waals surface area contributed by atoms with Crippen LogP contribution in [0.15, 0.2) is 48.7 Å². The standard InChI is InChI=1S/C18H19N3O/c1-20-15-8-5-9-16(15)21(18(20)22)17-11-10-14(12-19-17)13-6-3-2-4-7-13/h2-4,6-7,10-12,15-16H,5,8-9H2,1H3/t15-,16+/m0/s1. The van der Waals surface area contributed by atoms with Crippen LogP contribution in [0.1, 0.15) is 19.3 Å². The van der Waals surface area contributed by atoms with Crippen LogP contribution in [-0.2, 0) is 0 Å². The molecule has 1 aliphatic heterocycles. The van der Waals surface area contributed by atoms with E-state index in [2.05, 4.69) is 17.1 Å². The first-order valence-electron chi connectivity index (χ1n) is 7.83. The molecule has 2 amide bonds. The Hall–Kier alpha value is -2.36. The van der Waals surface area contributed by atoms with E-state index in [9.17, 15) is 4.79 Å². The third-order valence-corrected chi connectivity index (χ3v) is 4.88. The van der Waals surface area contributed by atoms with E-state index >= 15 is 0 Å². The molecule has 0 spiro atoms. The maximum absolute atomic E-state index is 12.5. The summed E-state index contributed by atoms with van der Waals surface area (Å²) in [5, 5.41) is 0. The summed E-state index contributed by atoms with van der Waals surface area (Å²) >= 11 is 0. The maximum atomic E-state index is 12.5. The molecular weight excluding hydrogens is 274 g/mol. The number of nitrogens with zero attached hydrogens (tertiary/aromatic N) is 3. The highest BCUT2D eigenvalue weighted by Crippen LogP contribution is 2.37. The Morgan fingerprint density at radius 2 is 1.77 bits per heavy atom. The topological polar surface area (TPSA) is 36.4 Å². The van der Waals surface area contributed by atoms with Gasteiger partial charge in [-0.3, -0.25) is 4.90 Å². The molecule has 4 rings (SSSR count). The first kappa shape index (κ1) is 13.3. The second-order valence-corrected chi connectivity index (χ2v) is 6.10. The fourth-order valence-electron chi connectivity index (χ4n) is 3.73. The lowest BCUT2D eigenvalue weighted by Gasteiger charge is -2.21. The van der Waals surface area contributed by atoms with Crippen molar-refractivity contribution in [1.29, 1.82) is 0 Å². The highest BCUT2D eigenvalue weighted by Gasteiger charge is 2.47. The summed E-state index contributed by atoms with van der Waals surface area (Å²) in [5.41, 5.74) is 2.22. The molecule has 1 aromatic heterocycles. The zero-order valence-electron chi connectivity index (χ0n) is 12.6. The Kier molecular flexibility index (Phi) is 3.10. The van der Waals surface area contributed by atoms with Gasteiger partial charge in [0.15, 0.2) is 0 Å². The van der Waals surface area contributed by atoms with E-state index in [0.717, 1.165) is 29.8 Å². The summed E-state index contributed by atoms with van der Waals surface area (Å²) in [6.45, 7) is 0. The molecule has 112 valence electrons. The number of hydrogen-bond donors (Lipinski definition) is 0. The Balaban J connectivity index is 1.65. The van der Waals surface area contributed by atoms with E-state index < -0.39 is 0 Å². The average molecular weight is 293 g/mol. The fraction of sp³-hybridized carbons (Fsp3) is 0.333. The SMILES string of the molecule is CN1C(=O)N(c2ccc(-c3ccccc3)cn2)[C@@H]2CCC[C@@H]21. The summed E-state index contributed by atoms with van der Waals surface area (Å²) in [7, 11) is 1.91. The third-order valence-electron chi connectivity index (χ3n) is 4.88. The summed E-state index contributed by atoms with van der Waals surface area (Å²) in [6, 6.07) is 14.9. The van der Waals surface area contributed by atoms with Crippen LogP contribution >= 0.6 is 0 Å². The molecule has 4 heteroatoms. The summed E-state index contributed by atoms with van der Waals surface area (Å²) in [6.07, 6.45) is 5.22. The van der Waals surface area contributed by atoms with Gasteiger partial charge >= 0.3 is 6.03 Å². The number of amides is 2. The van der Waals surface area contributed by atoms with Gasteiger partial charge in [-0.25, -0.2) is 9.78 Å². The van der Waals surface area contributed by atoms with E-state index in [-0.39, 0.29) is 12.1 Å². The number of carbonyl (C=O) groups is 1. The Morgan fingerprint density at radius 3 is 2.50 bits per heavy atom. The van der Waals surface area contributed by atoms with Crippen LogP contribution in [0.4, 0.5) is 10.6 Å². The molecule has 2 atom stereocenters. The highest BCUT2D eigenvalue weighted by molar-refractivity contribution is 5.94. The molecular formula is C18H19N3O. The number of rotatable bonds is 2. The lowest BCUT2D eigenvalue weighted by atomic mass is 10.1. The quantitative estimate of drug-likeness (QED) is 0.849. The van der Waals surface area contributed by atoms with Crippen molar-refractivity contribution in [3.8, 4) is 11.1 Å². The summed E-state index contributed by atoms with van der Waals surface area (Å²) in [5.74, 6) is 0.769. The third kappa shape index (κ3) is 1.98. The first-order valence-corrected chi connectivity index (χ1v) is 7.83. The average Bonchev–Trinajstić information content (AvgIpc) is 3.12. The second-order valence-electron chi connectivity index (χ2n) is 6.10. The fourth-order valence-corrected chi connectivity index (χ4v) is 3.73. The molecule has 0 unspecified atom stereocenters. The van der Waals surface area contributed by atoms with Crippen molar-refractivity contribution in [2.45, 2.75) is 31.3 Å². The molecule has 2 heterocycles. The van der Waals surface area contributed by atoms with E-state index in [1.54, 1.807) is 0 Å². The zero-order chi connectivity index (χ0) is 15.1. The number of likely N-dealkylation sites (N-methyl/N-ethyl adjacent to an activating group) is 1. The number of pyridine rings is 1. The number of carbonyl (C=O) groups excluding carboxylic acids is 1. The molecule has 0 N–H and O–H groups in total. The molecule has 2 aliphatic rings. The van der Waals surface area contributed by atoms with Gasteiger partial charge < -0.3 is 4.90 Å². The van der Waals surface area contributed by atoms with Crippen LogP contribution in [0, 0.1) is 0 Å². The number of urea groups is 1. The van der Waals surface area contributed by atoms with Gasteiger partial charge in [0, 0.05) is 18.8 Å². The van der Waals surface area contributed by atoms with E-state index in [4.69, 9.17) is 0 Å². The van der Waals surface area contributed by atoms with Crippen molar-refractivity contribution in [2.24, 2.45) is 0 Å². The molecule has 22 heavy (non-hydrogen) atoms. The molecule has 1 saturated heterocycles. The lowest BCUT2D eigenvalue weighted by Crippen LogP contribution is -2.34. The summed E-state index contributed by atoms with van der Waals surface area (Å²) < 4.78 is 0. The minimum Gasteiger partial charge on any atom is -0.322 e. The molecule has 1 saturated carbocycles. The van der Waals surface area contributed by atoms with Crippen molar-refractivity contribution in [3.05, 3.63) is 48.7 Å². The van der Waals surface area contributed by atoms with Crippen LogP contribution in [0.3, 0.4) is 0 Å². The lowest BCUT2D eigenvalue weighted by molar-refractivity contribution is 0.218. The van der Waals surface area contributed by atoms with Gasteiger partial charge in [0.25, 0.3) is 0 Å². The van der Waals surface area contributed by atoms with Gasteiger partial charge in [-0.1, -0.05) is 30.3 Å². The number of hydrogen-bond acceptors (Lipinski definition) is 2. The van der Waals surface area contributed by atoms with Crippen molar-refractivity contribution in [1.82, 2.24) is 9.88 Å². The predicted octanol–water partition coefficient (Wildman–Crippen LogP) is 3.54. The Bertz CT molecular complexity index is 683. The highest BCUT2D eigenvalue weighted by atomic mass is 16.2. The smallest absolute Gasteiger partial charge is 0.322 e. The van der Waals surface area contributed by atoms with E-state index in [1.807, 2.05) is 53.4 Å². The number of benzene rings is 1. The zero-order valence-corrected chi connectivity index (χ0v) is 12.6. The monoisotopic (exact) mass is 293 g/mol. The molecule has 1 aliphatic carbocycles. The summed E-state index contributed by atoms with van der Waals surface area (Å²) in [4.78, 5) is 20.8. The normalized spacial score (nSPS) is 24.0. The molecule has 1 aromatic carbocycles. The Morgan fingerprint density at radius 1 is 1.00 bits per heavy atom. The molecule has 2 fully saturated rings. The van der Waals surface area contributed by atoms with Gasteiger partial charge in [-0.05, 0) is 37.0 Å². The molecule has 0 radical (unpaired) electrons. The van der Waals surface area contributed by atoms with Crippen LogP contribution < -0.4 is 4.90 Å². The molecule has 4 nitrogen and oxygen atoms in total. The minimum absolute atomic E-state index is 0.0784. The van der Waals surface area contributed by atoms with Gasteiger partial charge in [0.1, 0.15) is 5.82 Å². The van der Waals surface area contributed by atoms with Crippen molar-refractivity contribution < 1.29 is 4.79 Å². The van der Waals surface area contributed by atoms with Crippen LogP contribution in [-0.4, -0.2) is 35.0 Å². The van der Waals surface area contributed by atoms with Crippen LogP contribution in [0.25, 0.3) is 11.1 Å². The van der Waals surface area contributed by atoms with Crippen molar-refractivity contribution in [2.75, 3.05) is 11.9 Å². The maximum Gasteiger partial charge on any atom is 0.326 e. The van der Waals surface area contributed by atoms with Gasteiger partial charge in [-0.15, -0.1) is 0 Å². The minimum atomic E-state index is 0.0784. The number of fused-ring (bicyclic) bond motifs is 1. The van der Waals surface area contributed by atoms with Gasteiger partial charge in [0.05, 0.1) is 12.1 Å². The van der Waals surface area contributed by atoms with Gasteiger partial charge in [-0.2, -0.15) is 0 Å².